The third-order valence-corrected chi connectivity index (χ3v) is 6.69. The molecule has 0 atom stereocenters. The lowest BCUT2D eigenvalue weighted by Crippen LogP contribution is -2.42. The van der Waals surface area contributed by atoms with Crippen LogP contribution in [0.15, 0.2) is 65.8 Å². The van der Waals surface area contributed by atoms with Crippen LogP contribution >= 0.6 is 11.6 Å². The molecule has 0 aliphatic carbocycles. The smallest absolute Gasteiger partial charge is 0.410 e. The Balaban J connectivity index is 1.98. The van der Waals surface area contributed by atoms with E-state index in [2.05, 4.69) is 4.98 Å². The lowest BCUT2D eigenvalue weighted by molar-refractivity contribution is 0.0759. The fraction of sp³-hybridized carbons (Fsp3) is 0.273. The fourth-order valence-corrected chi connectivity index (χ4v) is 4.19. The number of ether oxygens (including phenoxy) is 1. The molecule has 0 unspecified atom stereocenters. The van der Waals surface area contributed by atoms with E-state index >= 15 is 0 Å². The first-order valence-electron chi connectivity index (χ1n) is 9.54. The summed E-state index contributed by atoms with van der Waals surface area (Å²) in [5.41, 5.74) is 1.30. The molecule has 3 aromatic rings. The van der Waals surface area contributed by atoms with Crippen LogP contribution < -0.4 is 0 Å². The van der Waals surface area contributed by atoms with Gasteiger partial charge in [0.2, 0.25) is 0 Å². The molecule has 2 heterocycles. The summed E-state index contributed by atoms with van der Waals surface area (Å²) in [6.07, 6.45) is 2.17. The molecule has 0 saturated carbocycles. The van der Waals surface area contributed by atoms with Crippen LogP contribution in [0.5, 0.6) is 0 Å². The Morgan fingerprint density at radius 3 is 2.42 bits per heavy atom. The van der Waals surface area contributed by atoms with Gasteiger partial charge in [0.1, 0.15) is 16.7 Å². The average molecular weight is 462 g/mol. The number of hydrogen-bond donors (Lipinski definition) is 0. The Morgan fingerprint density at radius 2 is 1.84 bits per heavy atom. The highest BCUT2D eigenvalue weighted by molar-refractivity contribution is 7.90. The number of benzene rings is 1. The number of rotatable bonds is 5. The summed E-state index contributed by atoms with van der Waals surface area (Å²) >= 11 is 5.80. The van der Waals surface area contributed by atoms with Gasteiger partial charge < -0.3 is 9.64 Å². The molecule has 7 nitrogen and oxygen atoms in total. The van der Waals surface area contributed by atoms with Crippen molar-refractivity contribution >= 4 is 27.7 Å². The Hall–Kier alpha value is -2.84. The molecule has 0 bridgehead atoms. The predicted molar refractivity (Wildman–Crippen MR) is 119 cm³/mol. The van der Waals surface area contributed by atoms with E-state index in [1.807, 2.05) is 51.1 Å². The number of amides is 1. The molecule has 2 aromatic heterocycles. The Bertz CT molecular complexity index is 1170. The van der Waals surface area contributed by atoms with Crippen molar-refractivity contribution in [2.75, 3.05) is 7.05 Å². The van der Waals surface area contributed by atoms with Crippen LogP contribution in [0.2, 0.25) is 5.15 Å². The van der Waals surface area contributed by atoms with Gasteiger partial charge >= 0.3 is 6.09 Å². The maximum absolute atomic E-state index is 13.3. The minimum atomic E-state index is -3.95. The normalized spacial score (nSPS) is 11.9. The van der Waals surface area contributed by atoms with Crippen molar-refractivity contribution in [3.8, 4) is 11.3 Å². The molecule has 1 aromatic carbocycles. The first kappa shape index (κ1) is 22.8. The van der Waals surface area contributed by atoms with Gasteiger partial charge in [0.15, 0.2) is 0 Å². The monoisotopic (exact) mass is 461 g/mol. The van der Waals surface area contributed by atoms with E-state index in [1.54, 1.807) is 13.1 Å². The van der Waals surface area contributed by atoms with E-state index in [0.717, 1.165) is 0 Å². The minimum Gasteiger partial charge on any atom is -0.444 e. The van der Waals surface area contributed by atoms with E-state index in [9.17, 15) is 13.2 Å². The van der Waals surface area contributed by atoms with Crippen molar-refractivity contribution in [1.29, 1.82) is 0 Å². The van der Waals surface area contributed by atoms with Crippen LogP contribution in [-0.4, -0.2) is 41.0 Å². The third-order valence-electron chi connectivity index (χ3n) is 4.81. The van der Waals surface area contributed by atoms with Gasteiger partial charge in [0, 0.05) is 30.5 Å². The molecule has 0 aliphatic rings. The van der Waals surface area contributed by atoms with Gasteiger partial charge in [-0.1, -0.05) is 41.9 Å². The first-order chi connectivity index (χ1) is 14.5. The van der Waals surface area contributed by atoms with Crippen molar-refractivity contribution in [1.82, 2.24) is 13.9 Å². The van der Waals surface area contributed by atoms with Gasteiger partial charge in [0.25, 0.3) is 10.0 Å². The molecule has 9 heteroatoms. The van der Waals surface area contributed by atoms with Crippen LogP contribution in [-0.2, 0) is 21.4 Å². The molecule has 0 aliphatic heterocycles. The van der Waals surface area contributed by atoms with E-state index in [4.69, 9.17) is 16.3 Å². The lowest BCUT2D eigenvalue weighted by atomic mass is 10.1. The zero-order valence-corrected chi connectivity index (χ0v) is 19.3. The molecule has 164 valence electrons. The minimum absolute atomic E-state index is 0.000641. The molecular formula is C22H24ClN3O4S. The topological polar surface area (TPSA) is 81.5 Å². The van der Waals surface area contributed by atoms with Crippen molar-refractivity contribution < 1.29 is 17.9 Å². The van der Waals surface area contributed by atoms with Gasteiger partial charge in [-0.05, 0) is 44.5 Å². The maximum atomic E-state index is 13.3. The van der Waals surface area contributed by atoms with Gasteiger partial charge in [-0.3, -0.25) is 0 Å². The second-order valence-electron chi connectivity index (χ2n) is 8.00. The van der Waals surface area contributed by atoms with Crippen molar-refractivity contribution in [3.63, 3.8) is 0 Å². The highest BCUT2D eigenvalue weighted by Crippen LogP contribution is 2.28. The highest BCUT2D eigenvalue weighted by atomic mass is 35.5. The van der Waals surface area contributed by atoms with Gasteiger partial charge in [0.05, 0.1) is 5.69 Å². The molecule has 0 N–H and O–H groups in total. The van der Waals surface area contributed by atoms with Crippen molar-refractivity contribution in [2.24, 2.45) is 0 Å². The number of nitrogens with zero attached hydrogens (tertiary/aromatic N) is 3. The third kappa shape index (κ3) is 5.08. The number of halogens is 1. The van der Waals surface area contributed by atoms with Crippen LogP contribution in [0.3, 0.4) is 0 Å². The van der Waals surface area contributed by atoms with E-state index in [0.29, 0.717) is 16.8 Å². The van der Waals surface area contributed by atoms with Gasteiger partial charge in [-0.2, -0.15) is 0 Å². The molecule has 0 spiro atoms. The summed E-state index contributed by atoms with van der Waals surface area (Å²) in [5.74, 6) is 0. The molecule has 0 radical (unpaired) electrons. The van der Waals surface area contributed by atoms with Crippen LogP contribution in [0.1, 0.15) is 26.3 Å². The molecule has 31 heavy (non-hydrogen) atoms. The summed E-state index contributed by atoms with van der Waals surface area (Å²) in [6, 6.07) is 13.6. The lowest BCUT2D eigenvalue weighted by Gasteiger charge is -2.30. The second kappa shape index (κ2) is 8.72. The van der Waals surface area contributed by atoms with E-state index in [-0.39, 0.29) is 16.7 Å². The molecule has 0 saturated heterocycles. The van der Waals surface area contributed by atoms with Gasteiger partial charge in [-0.25, -0.2) is 22.2 Å². The summed E-state index contributed by atoms with van der Waals surface area (Å²) in [4.78, 5) is 17.7. The number of pyridine rings is 1. The number of carbonyl (C=O) groups excluding carboxylic acids is 1. The number of hydrogen-bond acceptors (Lipinski definition) is 5. The summed E-state index contributed by atoms with van der Waals surface area (Å²) in [6.45, 7) is 5.61. The SMILES string of the molecule is CN(C(=O)OCc1cc(-c2ccccc2)n(S(=O)(=O)c2ccc(Cl)nc2)c1)C(C)(C)C. The highest BCUT2D eigenvalue weighted by Gasteiger charge is 2.25. The first-order valence-corrected chi connectivity index (χ1v) is 11.4. The molecular weight excluding hydrogens is 438 g/mol. The summed E-state index contributed by atoms with van der Waals surface area (Å²) < 4.78 is 33.2. The van der Waals surface area contributed by atoms with Crippen LogP contribution in [0.25, 0.3) is 11.3 Å². The fourth-order valence-electron chi connectivity index (χ4n) is 2.74. The quantitative estimate of drug-likeness (QED) is 0.509. The van der Waals surface area contributed by atoms with Crippen LogP contribution in [0.4, 0.5) is 4.79 Å². The van der Waals surface area contributed by atoms with Crippen molar-refractivity contribution in [2.45, 2.75) is 37.8 Å². The molecule has 1 amide bonds. The Morgan fingerprint density at radius 1 is 1.16 bits per heavy atom. The number of aromatic nitrogens is 2. The van der Waals surface area contributed by atoms with E-state index < -0.39 is 21.7 Å². The Kier molecular flexibility index (Phi) is 6.43. The molecule has 0 fully saturated rings. The van der Waals surface area contributed by atoms with Crippen molar-refractivity contribution in [3.05, 3.63) is 71.6 Å². The van der Waals surface area contributed by atoms with Gasteiger partial charge in [-0.15, -0.1) is 0 Å². The van der Waals surface area contributed by atoms with Crippen LogP contribution in [0, 0.1) is 0 Å². The predicted octanol–water partition coefficient (Wildman–Crippen LogP) is 4.81. The summed E-state index contributed by atoms with van der Waals surface area (Å²) in [5, 5.41) is 0.199. The maximum Gasteiger partial charge on any atom is 0.410 e. The zero-order valence-electron chi connectivity index (χ0n) is 17.7. The average Bonchev–Trinajstić information content (AvgIpc) is 3.17. The molecule has 3 rings (SSSR count). The second-order valence-corrected chi connectivity index (χ2v) is 10.2. The largest absolute Gasteiger partial charge is 0.444 e. The summed E-state index contributed by atoms with van der Waals surface area (Å²) in [7, 11) is -2.29. The number of carbonyl (C=O) groups is 1. The Labute approximate surface area is 187 Å². The zero-order chi connectivity index (χ0) is 22.8. The standard InChI is InChI=1S/C22H24ClN3O4S/c1-22(2,3)25(4)21(27)30-15-16-12-19(17-8-6-5-7-9-17)26(14-16)31(28,29)18-10-11-20(23)24-13-18/h5-14H,15H2,1-4H3. The van der Waals surface area contributed by atoms with E-state index in [1.165, 1.54) is 33.4 Å².